The Hall–Kier alpha value is -4.78. The molecular weight excluding hydrogens is 707 g/mol. The van der Waals surface area contributed by atoms with Crippen molar-refractivity contribution in [1.29, 1.82) is 0 Å². The molecule has 13 heteroatoms. The van der Waals surface area contributed by atoms with Crippen molar-refractivity contribution in [2.24, 2.45) is 17.8 Å². The molecule has 2 aromatic carbocycles. The summed E-state index contributed by atoms with van der Waals surface area (Å²) in [6.45, 7) is 12.8. The molecule has 0 aliphatic carbocycles. The van der Waals surface area contributed by atoms with Gasteiger partial charge in [-0.3, -0.25) is 19.2 Å². The van der Waals surface area contributed by atoms with Crippen LogP contribution < -0.4 is 16.0 Å². The summed E-state index contributed by atoms with van der Waals surface area (Å²) in [5, 5.41) is 10.9. The van der Waals surface area contributed by atoms with Gasteiger partial charge in [-0.2, -0.15) is 0 Å². The second kappa shape index (κ2) is 21.2. The summed E-state index contributed by atoms with van der Waals surface area (Å²) in [6, 6.07) is 16.9. The highest BCUT2D eigenvalue weighted by atomic mass is 32.1. The molecule has 0 aliphatic rings. The molecule has 294 valence electrons. The van der Waals surface area contributed by atoms with Crippen molar-refractivity contribution in [2.75, 3.05) is 14.2 Å². The van der Waals surface area contributed by atoms with Gasteiger partial charge in [0.25, 0.3) is 5.91 Å². The van der Waals surface area contributed by atoms with Crippen molar-refractivity contribution in [1.82, 2.24) is 25.8 Å². The summed E-state index contributed by atoms with van der Waals surface area (Å²) in [5.41, 5.74) is 2.09. The molecule has 7 atom stereocenters. The molecule has 1 heterocycles. The Morgan fingerprint density at radius 2 is 1.50 bits per heavy atom. The Labute approximate surface area is 323 Å². The zero-order chi connectivity index (χ0) is 39.9. The van der Waals surface area contributed by atoms with Crippen LogP contribution >= 0.6 is 11.3 Å². The van der Waals surface area contributed by atoms with Crippen LogP contribution in [-0.4, -0.2) is 72.0 Å². The van der Waals surface area contributed by atoms with Gasteiger partial charge in [-0.1, -0.05) is 102 Å². The van der Waals surface area contributed by atoms with E-state index >= 15 is 0 Å². The van der Waals surface area contributed by atoms with Gasteiger partial charge in [-0.05, 0) is 42.7 Å². The fraction of sp³-hybridized carbons (Fsp3) is 0.512. The first-order valence-electron chi connectivity index (χ1n) is 18.6. The topological polar surface area (TPSA) is 156 Å². The van der Waals surface area contributed by atoms with E-state index in [2.05, 4.69) is 20.9 Å². The number of likely N-dealkylation sites (N-methyl/N-ethyl adjacent to an activating group) is 1. The predicted octanol–water partition coefficient (Wildman–Crippen LogP) is 6.64. The lowest BCUT2D eigenvalue weighted by Crippen LogP contribution is -2.56. The number of aromatic nitrogens is 1. The van der Waals surface area contributed by atoms with Crippen LogP contribution in [-0.2, 0) is 30.3 Å². The number of benzene rings is 2. The van der Waals surface area contributed by atoms with Crippen LogP contribution in [0.3, 0.4) is 0 Å². The minimum atomic E-state index is -0.846. The number of nitrogens with one attached hydrogen (secondary N) is 3. The van der Waals surface area contributed by atoms with Gasteiger partial charge in [-0.25, -0.2) is 9.78 Å². The summed E-state index contributed by atoms with van der Waals surface area (Å²) < 4.78 is 10.7. The van der Waals surface area contributed by atoms with Gasteiger partial charge >= 0.3 is 18.0 Å². The Bertz CT molecular complexity index is 1670. The minimum Gasteiger partial charge on any atom is -0.469 e. The maximum absolute atomic E-state index is 14.2. The monoisotopic (exact) mass is 763 g/mol. The predicted molar refractivity (Wildman–Crippen MR) is 210 cm³/mol. The average molecular weight is 764 g/mol. The van der Waals surface area contributed by atoms with E-state index in [0.717, 1.165) is 11.1 Å². The molecule has 3 rings (SSSR count). The number of thiazole rings is 1. The number of amides is 4. The van der Waals surface area contributed by atoms with Gasteiger partial charge in [0.1, 0.15) is 16.7 Å². The molecule has 0 spiro atoms. The highest BCUT2D eigenvalue weighted by Gasteiger charge is 2.36. The Morgan fingerprint density at radius 3 is 2.07 bits per heavy atom. The second-order valence-electron chi connectivity index (χ2n) is 14.3. The molecule has 0 saturated heterocycles. The van der Waals surface area contributed by atoms with Gasteiger partial charge in [-0.15, -0.1) is 11.3 Å². The summed E-state index contributed by atoms with van der Waals surface area (Å²) in [6.07, 6.45) is 0.875. The Balaban J connectivity index is 1.80. The largest absolute Gasteiger partial charge is 0.469 e. The van der Waals surface area contributed by atoms with Crippen molar-refractivity contribution < 1.29 is 33.4 Å². The summed E-state index contributed by atoms with van der Waals surface area (Å²) in [5.74, 6) is -2.27. The second-order valence-corrected chi connectivity index (χ2v) is 15.2. The van der Waals surface area contributed by atoms with Crippen molar-refractivity contribution >= 4 is 41.1 Å². The van der Waals surface area contributed by atoms with Crippen LogP contribution in [0, 0.1) is 17.8 Å². The van der Waals surface area contributed by atoms with Crippen LogP contribution in [0.2, 0.25) is 0 Å². The molecule has 3 aromatic rings. The number of hydrogen-bond acceptors (Lipinski definition) is 9. The number of ether oxygens (including phenoxy) is 2. The van der Waals surface area contributed by atoms with Gasteiger partial charge in [0, 0.05) is 37.9 Å². The lowest BCUT2D eigenvalue weighted by atomic mass is 9.93. The van der Waals surface area contributed by atoms with Crippen LogP contribution in [0.25, 0.3) is 0 Å². The third kappa shape index (κ3) is 13.0. The highest BCUT2D eigenvalue weighted by molar-refractivity contribution is 7.09. The molecular formula is C41H57N5O7S. The Kier molecular flexibility index (Phi) is 17.1. The summed E-state index contributed by atoms with van der Waals surface area (Å²) in [4.78, 5) is 71.8. The normalized spacial score (nSPS) is 15.1. The number of urea groups is 1. The molecule has 1 aromatic heterocycles. The number of rotatable bonds is 19. The fourth-order valence-corrected chi connectivity index (χ4v) is 7.22. The van der Waals surface area contributed by atoms with E-state index in [4.69, 9.17) is 9.47 Å². The van der Waals surface area contributed by atoms with Gasteiger partial charge in [0.2, 0.25) is 5.91 Å². The Morgan fingerprint density at radius 1 is 0.870 bits per heavy atom. The average Bonchev–Trinajstić information content (AvgIpc) is 3.65. The molecule has 0 fully saturated rings. The van der Waals surface area contributed by atoms with E-state index < -0.39 is 42.0 Å². The molecule has 12 nitrogen and oxygen atoms in total. The van der Waals surface area contributed by atoms with Gasteiger partial charge < -0.3 is 30.3 Å². The zero-order valence-electron chi connectivity index (χ0n) is 33.0. The third-order valence-electron chi connectivity index (χ3n) is 9.72. The number of hydrogen-bond donors (Lipinski definition) is 3. The molecule has 0 bridgehead atoms. The lowest BCUT2D eigenvalue weighted by molar-refractivity contribution is -0.149. The van der Waals surface area contributed by atoms with Crippen LogP contribution in [0.1, 0.15) is 106 Å². The molecule has 0 radical (unpaired) electrons. The number of nitrogens with zero attached hydrogens (tertiary/aromatic N) is 2. The first-order chi connectivity index (χ1) is 25.6. The maximum atomic E-state index is 14.2. The molecule has 7 unspecified atom stereocenters. The van der Waals surface area contributed by atoms with Crippen molar-refractivity contribution in [2.45, 2.75) is 104 Å². The number of esters is 2. The quantitative estimate of drug-likeness (QED) is 0.115. The molecule has 0 aliphatic heterocycles. The summed E-state index contributed by atoms with van der Waals surface area (Å²) in [7, 11) is 3.04. The van der Waals surface area contributed by atoms with Crippen molar-refractivity contribution in [3.63, 3.8) is 0 Å². The lowest BCUT2D eigenvalue weighted by Gasteiger charge is -2.37. The zero-order valence-corrected chi connectivity index (χ0v) is 33.8. The standard InChI is InChI=1S/C41H57N5O7S/c1-10-26(4)36(45-41(51)42-28(6)31-19-15-12-16-20-31)39(49)46(8)34(25(2)3)23-35(53-29(7)47)38-44-33(24-54-38)37(48)43-32(21-27(5)40(50)52-9)22-30-17-13-11-14-18-30/h11-20,24-28,32,34-36H,10,21-23H2,1-9H3,(H,43,48)(H2,42,45,51). The van der Waals surface area contributed by atoms with E-state index in [-0.39, 0.29) is 47.9 Å². The molecule has 54 heavy (non-hydrogen) atoms. The molecule has 3 N–H and O–H groups in total. The number of carbonyl (C=O) groups is 5. The molecule has 4 amide bonds. The first-order valence-corrected chi connectivity index (χ1v) is 19.5. The maximum Gasteiger partial charge on any atom is 0.315 e. The van der Waals surface area contributed by atoms with Crippen molar-refractivity contribution in [3.05, 3.63) is 87.9 Å². The van der Waals surface area contributed by atoms with E-state index in [9.17, 15) is 24.0 Å². The van der Waals surface area contributed by atoms with Gasteiger partial charge in [0.15, 0.2) is 6.10 Å². The number of methoxy groups -OCH3 is 1. The van der Waals surface area contributed by atoms with E-state index in [0.29, 0.717) is 24.3 Å². The smallest absolute Gasteiger partial charge is 0.315 e. The van der Waals surface area contributed by atoms with Crippen LogP contribution in [0.15, 0.2) is 66.0 Å². The number of carbonyl (C=O) groups excluding carboxylic acids is 5. The van der Waals surface area contributed by atoms with E-state index in [1.54, 1.807) is 24.3 Å². The van der Waals surface area contributed by atoms with Gasteiger partial charge in [0.05, 0.1) is 19.1 Å². The van der Waals surface area contributed by atoms with Crippen molar-refractivity contribution in [3.8, 4) is 0 Å². The minimum absolute atomic E-state index is 0.0696. The SMILES string of the molecule is CCC(C)C(NC(=O)NC(C)c1ccccc1)C(=O)N(C)C(CC(OC(C)=O)c1nc(C(=O)NC(Cc2ccccc2)CC(C)C(=O)OC)cs1)C(C)C. The van der Waals surface area contributed by atoms with Crippen LogP contribution in [0.4, 0.5) is 4.79 Å². The van der Waals surface area contributed by atoms with E-state index in [1.165, 1.54) is 25.4 Å². The third-order valence-corrected chi connectivity index (χ3v) is 10.7. The first kappa shape index (κ1) is 43.6. The summed E-state index contributed by atoms with van der Waals surface area (Å²) >= 11 is 1.19. The van der Waals surface area contributed by atoms with E-state index in [1.807, 2.05) is 95.3 Å². The molecule has 0 saturated carbocycles. The van der Waals surface area contributed by atoms with Crippen LogP contribution in [0.5, 0.6) is 0 Å². The fourth-order valence-electron chi connectivity index (χ4n) is 6.38. The highest BCUT2D eigenvalue weighted by Crippen LogP contribution is 2.31.